The molecule has 0 N–H and O–H groups in total. The molecule has 2 aromatic carbocycles. The number of halogens is 3. The van der Waals surface area contributed by atoms with Crippen LogP contribution in [0, 0.1) is 20.2 Å². The van der Waals surface area contributed by atoms with E-state index in [2.05, 4.69) is 0 Å². The highest BCUT2D eigenvalue weighted by Crippen LogP contribution is 2.44. The van der Waals surface area contributed by atoms with Gasteiger partial charge in [-0.15, -0.1) is 0 Å². The maximum Gasteiger partial charge on any atom is 0.416 e. The Labute approximate surface area is 156 Å². The molecule has 8 nitrogen and oxygen atoms in total. The summed E-state index contributed by atoms with van der Waals surface area (Å²) in [6.45, 7) is 0.222. The molecule has 1 aliphatic heterocycles. The molecule has 0 unspecified atom stereocenters. The number of alkyl halides is 3. The van der Waals surface area contributed by atoms with E-state index < -0.39 is 38.6 Å². The smallest absolute Gasteiger partial charge is 0.416 e. The number of nitro benzene ring substituents is 2. The number of anilines is 1. The topological polar surface area (TPSA) is 98.8 Å². The van der Waals surface area contributed by atoms with E-state index in [1.165, 1.54) is 12.0 Å². The first kappa shape index (κ1) is 19.4. The summed E-state index contributed by atoms with van der Waals surface area (Å²) in [6.07, 6.45) is -4.58. The Bertz CT molecular complexity index is 927. The monoisotopic (exact) mass is 397 g/mol. The summed E-state index contributed by atoms with van der Waals surface area (Å²) >= 11 is 0. The Morgan fingerprint density at radius 3 is 2.21 bits per heavy atom. The van der Waals surface area contributed by atoms with E-state index in [4.69, 9.17) is 4.74 Å². The van der Waals surface area contributed by atoms with E-state index in [9.17, 15) is 33.4 Å². The number of rotatable bonds is 4. The SMILES string of the molecule is COc1cccc2c1CCN(c1c([N+](=O)[O-])cc(C(F)(F)F)cc1[N+](=O)[O-])C2. The first-order valence-electron chi connectivity index (χ1n) is 8.07. The van der Waals surface area contributed by atoms with E-state index in [1.807, 2.05) is 0 Å². The van der Waals surface area contributed by atoms with Crippen molar-refractivity contribution in [3.63, 3.8) is 0 Å². The standard InChI is InChI=1S/C17H14F3N3O5/c1-28-15-4-2-3-10-9-21(6-5-12(10)15)16-13(22(24)25)7-11(17(18,19)20)8-14(16)23(26)27/h2-4,7-8H,5-6,9H2,1H3. The van der Waals surface area contributed by atoms with E-state index in [1.54, 1.807) is 18.2 Å². The van der Waals surface area contributed by atoms with Gasteiger partial charge in [0.15, 0.2) is 5.69 Å². The van der Waals surface area contributed by atoms with Gasteiger partial charge in [0.1, 0.15) is 5.75 Å². The van der Waals surface area contributed by atoms with Crippen molar-refractivity contribution >= 4 is 17.1 Å². The first-order valence-corrected chi connectivity index (χ1v) is 8.07. The van der Waals surface area contributed by atoms with Crippen LogP contribution in [0.2, 0.25) is 0 Å². The van der Waals surface area contributed by atoms with Gasteiger partial charge in [-0.1, -0.05) is 12.1 Å². The van der Waals surface area contributed by atoms with Gasteiger partial charge in [0, 0.05) is 30.8 Å². The van der Waals surface area contributed by atoms with Crippen LogP contribution in [-0.4, -0.2) is 23.5 Å². The number of methoxy groups -OCH3 is 1. The van der Waals surface area contributed by atoms with Crippen molar-refractivity contribution in [2.24, 2.45) is 0 Å². The minimum Gasteiger partial charge on any atom is -0.496 e. The number of nitro groups is 2. The molecule has 28 heavy (non-hydrogen) atoms. The number of nitrogens with zero attached hydrogens (tertiary/aromatic N) is 3. The lowest BCUT2D eigenvalue weighted by atomic mass is 9.97. The van der Waals surface area contributed by atoms with Crippen LogP contribution in [0.1, 0.15) is 16.7 Å². The second-order valence-electron chi connectivity index (χ2n) is 6.14. The summed E-state index contributed by atoms with van der Waals surface area (Å²) in [5, 5.41) is 22.9. The molecular formula is C17H14F3N3O5. The third-order valence-electron chi connectivity index (χ3n) is 4.55. The van der Waals surface area contributed by atoms with Gasteiger partial charge in [0.2, 0.25) is 0 Å². The Hall–Kier alpha value is -3.37. The lowest BCUT2D eigenvalue weighted by Gasteiger charge is -2.31. The summed E-state index contributed by atoms with van der Waals surface area (Å²) in [5.41, 5.74) is -2.18. The molecular weight excluding hydrogens is 383 g/mol. The first-order chi connectivity index (χ1) is 13.1. The molecule has 2 aromatic rings. The zero-order valence-electron chi connectivity index (χ0n) is 14.5. The zero-order valence-corrected chi connectivity index (χ0v) is 14.5. The van der Waals surface area contributed by atoms with Crippen molar-refractivity contribution < 1.29 is 27.8 Å². The van der Waals surface area contributed by atoms with Crippen molar-refractivity contribution in [1.82, 2.24) is 0 Å². The molecule has 1 aliphatic rings. The van der Waals surface area contributed by atoms with Gasteiger partial charge >= 0.3 is 6.18 Å². The fraction of sp³-hybridized carbons (Fsp3) is 0.294. The normalized spacial score (nSPS) is 13.8. The number of hydrogen-bond acceptors (Lipinski definition) is 6. The van der Waals surface area contributed by atoms with Crippen LogP contribution >= 0.6 is 0 Å². The van der Waals surface area contributed by atoms with Gasteiger partial charge in [0.05, 0.1) is 22.5 Å². The maximum atomic E-state index is 13.1. The predicted octanol–water partition coefficient (Wildman–Crippen LogP) is 4.09. The molecule has 148 valence electrons. The van der Waals surface area contributed by atoms with Crippen LogP contribution < -0.4 is 9.64 Å². The minimum atomic E-state index is -4.95. The molecule has 0 aromatic heterocycles. The molecule has 0 bridgehead atoms. The van der Waals surface area contributed by atoms with Crippen LogP contribution in [0.25, 0.3) is 0 Å². The van der Waals surface area contributed by atoms with Crippen molar-refractivity contribution in [2.75, 3.05) is 18.6 Å². The quantitative estimate of drug-likeness (QED) is 0.569. The van der Waals surface area contributed by atoms with Gasteiger partial charge < -0.3 is 9.64 Å². The van der Waals surface area contributed by atoms with Crippen molar-refractivity contribution in [3.05, 3.63) is 67.3 Å². The van der Waals surface area contributed by atoms with E-state index >= 15 is 0 Å². The Balaban J connectivity index is 2.15. The Morgan fingerprint density at radius 1 is 1.11 bits per heavy atom. The maximum absolute atomic E-state index is 13.1. The molecule has 3 rings (SSSR count). The van der Waals surface area contributed by atoms with Crippen molar-refractivity contribution in [1.29, 1.82) is 0 Å². The second-order valence-corrected chi connectivity index (χ2v) is 6.14. The molecule has 0 saturated heterocycles. The summed E-state index contributed by atoms with van der Waals surface area (Å²) < 4.78 is 44.4. The highest BCUT2D eigenvalue weighted by molar-refractivity contribution is 5.77. The fourth-order valence-electron chi connectivity index (χ4n) is 3.33. The van der Waals surface area contributed by atoms with Gasteiger partial charge in [-0.3, -0.25) is 20.2 Å². The van der Waals surface area contributed by atoms with Crippen LogP contribution in [0.4, 0.5) is 30.2 Å². The summed E-state index contributed by atoms with van der Waals surface area (Å²) in [5.74, 6) is 0.619. The minimum absolute atomic E-state index is 0.0690. The highest BCUT2D eigenvalue weighted by Gasteiger charge is 2.39. The van der Waals surface area contributed by atoms with E-state index in [0.717, 1.165) is 11.1 Å². The summed E-state index contributed by atoms with van der Waals surface area (Å²) in [7, 11) is 1.49. The molecule has 0 amide bonds. The third-order valence-corrected chi connectivity index (χ3v) is 4.55. The zero-order chi connectivity index (χ0) is 20.6. The Morgan fingerprint density at radius 2 is 1.71 bits per heavy atom. The number of ether oxygens (including phenoxy) is 1. The number of hydrogen-bond donors (Lipinski definition) is 0. The lowest BCUT2D eigenvalue weighted by molar-refractivity contribution is -0.393. The summed E-state index contributed by atoms with van der Waals surface area (Å²) in [6, 6.07) is 5.87. The second kappa shape index (κ2) is 6.98. The number of fused-ring (bicyclic) bond motifs is 1. The van der Waals surface area contributed by atoms with E-state index in [-0.39, 0.29) is 13.1 Å². The molecule has 0 aliphatic carbocycles. The van der Waals surface area contributed by atoms with Crippen molar-refractivity contribution in [2.45, 2.75) is 19.1 Å². The third kappa shape index (κ3) is 3.42. The number of benzene rings is 2. The lowest BCUT2D eigenvalue weighted by Crippen LogP contribution is -2.32. The molecule has 0 spiro atoms. The van der Waals surface area contributed by atoms with Crippen molar-refractivity contribution in [3.8, 4) is 5.75 Å². The van der Waals surface area contributed by atoms with Crippen LogP contribution in [0.15, 0.2) is 30.3 Å². The van der Waals surface area contributed by atoms with Gasteiger partial charge in [0.25, 0.3) is 11.4 Å². The molecule has 1 heterocycles. The molecule has 0 radical (unpaired) electrons. The molecule has 0 saturated carbocycles. The van der Waals surface area contributed by atoms with Gasteiger partial charge in [-0.2, -0.15) is 13.2 Å². The summed E-state index contributed by atoms with van der Waals surface area (Å²) in [4.78, 5) is 22.2. The fourth-order valence-corrected chi connectivity index (χ4v) is 3.33. The molecule has 11 heteroatoms. The highest BCUT2D eigenvalue weighted by atomic mass is 19.4. The van der Waals surface area contributed by atoms with Gasteiger partial charge in [-0.05, 0) is 18.1 Å². The predicted molar refractivity (Wildman–Crippen MR) is 92.5 cm³/mol. The molecule has 0 atom stereocenters. The average molecular weight is 397 g/mol. The van der Waals surface area contributed by atoms with E-state index in [0.29, 0.717) is 24.3 Å². The van der Waals surface area contributed by atoms with Crippen LogP contribution in [0.3, 0.4) is 0 Å². The van der Waals surface area contributed by atoms with Crippen LogP contribution in [0.5, 0.6) is 5.75 Å². The average Bonchev–Trinajstić information content (AvgIpc) is 2.65. The Kier molecular flexibility index (Phi) is 4.84. The van der Waals surface area contributed by atoms with Crippen LogP contribution in [-0.2, 0) is 19.1 Å². The largest absolute Gasteiger partial charge is 0.496 e. The molecule has 0 fully saturated rings. The van der Waals surface area contributed by atoms with Gasteiger partial charge in [-0.25, -0.2) is 0 Å².